The van der Waals surface area contributed by atoms with Gasteiger partial charge in [0.1, 0.15) is 15.7 Å². The number of nitrogens with two attached hydrogens (primary N) is 1. The van der Waals surface area contributed by atoms with Gasteiger partial charge in [0.05, 0.1) is 11.6 Å². The summed E-state index contributed by atoms with van der Waals surface area (Å²) in [6.45, 7) is 2.65. The van der Waals surface area contributed by atoms with E-state index in [4.69, 9.17) is 33.1 Å². The average molecular weight is 326 g/mol. The standard InChI is InChI=1S/C12H17Cl2NO3S/c1-2-3-4-5-8-18-9-6-7-10(19(15,16)17)12(14)11(9)13/h6-7H,2-5,8H2,1H3,(H2,15,16,17). The Labute approximate surface area is 123 Å². The van der Waals surface area contributed by atoms with Crippen molar-refractivity contribution in [2.75, 3.05) is 6.61 Å². The summed E-state index contributed by atoms with van der Waals surface area (Å²) in [4.78, 5) is -0.197. The number of benzene rings is 1. The van der Waals surface area contributed by atoms with E-state index < -0.39 is 10.0 Å². The monoisotopic (exact) mass is 325 g/mol. The first-order chi connectivity index (χ1) is 8.88. The van der Waals surface area contributed by atoms with Gasteiger partial charge in [0.15, 0.2) is 0 Å². The van der Waals surface area contributed by atoms with E-state index in [1.165, 1.54) is 12.1 Å². The maximum atomic E-state index is 11.2. The Morgan fingerprint density at radius 2 is 1.84 bits per heavy atom. The van der Waals surface area contributed by atoms with Crippen LogP contribution in [0.1, 0.15) is 32.6 Å². The number of rotatable bonds is 7. The van der Waals surface area contributed by atoms with Gasteiger partial charge in [-0.25, -0.2) is 13.6 Å². The summed E-state index contributed by atoms with van der Waals surface area (Å²) in [6, 6.07) is 2.76. The van der Waals surface area contributed by atoms with Gasteiger partial charge >= 0.3 is 0 Å². The van der Waals surface area contributed by atoms with Crippen LogP contribution < -0.4 is 9.88 Å². The van der Waals surface area contributed by atoms with Crippen LogP contribution >= 0.6 is 23.2 Å². The van der Waals surface area contributed by atoms with Gasteiger partial charge in [-0.2, -0.15) is 0 Å². The molecule has 0 heterocycles. The molecule has 19 heavy (non-hydrogen) atoms. The smallest absolute Gasteiger partial charge is 0.239 e. The molecule has 1 aromatic carbocycles. The maximum Gasteiger partial charge on any atom is 0.239 e. The number of halogens is 2. The van der Waals surface area contributed by atoms with E-state index in [9.17, 15) is 8.42 Å². The van der Waals surface area contributed by atoms with Crippen LogP contribution in [-0.4, -0.2) is 15.0 Å². The molecule has 0 aliphatic rings. The molecule has 0 saturated carbocycles. The van der Waals surface area contributed by atoms with Gasteiger partial charge in [-0.05, 0) is 18.6 Å². The summed E-state index contributed by atoms with van der Waals surface area (Å²) in [5, 5.41) is 4.99. The van der Waals surface area contributed by atoms with Gasteiger partial charge in [0, 0.05) is 0 Å². The summed E-state index contributed by atoms with van der Waals surface area (Å²) < 4.78 is 28.0. The third-order valence-corrected chi connectivity index (χ3v) is 4.50. The Kier molecular flexibility index (Phi) is 6.39. The van der Waals surface area contributed by atoms with Crippen molar-refractivity contribution in [1.82, 2.24) is 0 Å². The Morgan fingerprint density at radius 1 is 1.16 bits per heavy atom. The summed E-state index contributed by atoms with van der Waals surface area (Å²) in [6.07, 6.45) is 4.30. The van der Waals surface area contributed by atoms with Crippen LogP contribution in [0.3, 0.4) is 0 Å². The first kappa shape index (κ1) is 16.6. The van der Waals surface area contributed by atoms with E-state index in [1.54, 1.807) is 0 Å². The zero-order valence-electron chi connectivity index (χ0n) is 10.7. The highest BCUT2D eigenvalue weighted by Crippen LogP contribution is 2.36. The topological polar surface area (TPSA) is 69.4 Å². The predicted molar refractivity (Wildman–Crippen MR) is 77.5 cm³/mol. The van der Waals surface area contributed by atoms with Crippen LogP contribution in [0.4, 0.5) is 0 Å². The largest absolute Gasteiger partial charge is 0.492 e. The molecule has 1 rings (SSSR count). The number of ether oxygens (including phenoxy) is 1. The SMILES string of the molecule is CCCCCCOc1ccc(S(N)(=O)=O)c(Cl)c1Cl. The molecular formula is C12H17Cl2NO3S. The molecule has 0 atom stereocenters. The van der Waals surface area contributed by atoms with Gasteiger partial charge in [0.2, 0.25) is 10.0 Å². The highest BCUT2D eigenvalue weighted by Gasteiger charge is 2.18. The van der Waals surface area contributed by atoms with Crippen LogP contribution in [0, 0.1) is 0 Å². The van der Waals surface area contributed by atoms with E-state index in [0.717, 1.165) is 25.7 Å². The molecule has 0 fully saturated rings. The van der Waals surface area contributed by atoms with Crippen molar-refractivity contribution in [3.8, 4) is 5.75 Å². The highest BCUT2D eigenvalue weighted by molar-refractivity contribution is 7.89. The van der Waals surface area contributed by atoms with Gasteiger partial charge in [0.25, 0.3) is 0 Å². The van der Waals surface area contributed by atoms with Crippen LogP contribution in [0.5, 0.6) is 5.75 Å². The van der Waals surface area contributed by atoms with Crippen LogP contribution in [0.15, 0.2) is 17.0 Å². The quantitative estimate of drug-likeness (QED) is 0.778. The summed E-state index contributed by atoms with van der Waals surface area (Å²) >= 11 is 11.8. The predicted octanol–water partition coefficient (Wildman–Crippen LogP) is 3.60. The van der Waals surface area contributed by atoms with Crippen molar-refractivity contribution in [2.45, 2.75) is 37.5 Å². The minimum atomic E-state index is -3.88. The molecule has 0 amide bonds. The number of sulfonamides is 1. The summed E-state index contributed by atoms with van der Waals surface area (Å²) in [7, 11) is -3.88. The molecule has 0 radical (unpaired) electrons. The van der Waals surface area contributed by atoms with Crippen molar-refractivity contribution in [3.05, 3.63) is 22.2 Å². The molecule has 0 saturated heterocycles. The normalized spacial score (nSPS) is 11.6. The van der Waals surface area contributed by atoms with E-state index >= 15 is 0 Å². The van der Waals surface area contributed by atoms with Crippen LogP contribution in [-0.2, 0) is 10.0 Å². The maximum absolute atomic E-state index is 11.2. The molecule has 0 aliphatic carbocycles. The first-order valence-electron chi connectivity index (χ1n) is 6.01. The second kappa shape index (κ2) is 7.33. The molecule has 7 heteroatoms. The minimum absolute atomic E-state index is 0.0729. The summed E-state index contributed by atoms with van der Waals surface area (Å²) in [5.41, 5.74) is 0. The Hall–Kier alpha value is -0.490. The fourth-order valence-electron chi connectivity index (χ4n) is 1.56. The fourth-order valence-corrected chi connectivity index (χ4v) is 2.92. The Morgan fingerprint density at radius 3 is 2.42 bits per heavy atom. The Balaban J connectivity index is 2.75. The van der Waals surface area contributed by atoms with Crippen molar-refractivity contribution < 1.29 is 13.2 Å². The van der Waals surface area contributed by atoms with Gasteiger partial charge in [-0.3, -0.25) is 0 Å². The third kappa shape index (κ3) is 4.84. The van der Waals surface area contributed by atoms with Gasteiger partial charge < -0.3 is 4.74 Å². The van der Waals surface area contributed by atoms with Crippen LogP contribution in [0.2, 0.25) is 10.0 Å². The van der Waals surface area contributed by atoms with Gasteiger partial charge in [-0.1, -0.05) is 49.4 Å². The highest BCUT2D eigenvalue weighted by atomic mass is 35.5. The lowest BCUT2D eigenvalue weighted by Crippen LogP contribution is -2.13. The number of hydrogen-bond acceptors (Lipinski definition) is 3. The lowest BCUT2D eigenvalue weighted by Gasteiger charge is -2.11. The molecule has 2 N–H and O–H groups in total. The molecule has 1 aromatic rings. The third-order valence-electron chi connectivity index (χ3n) is 2.57. The van der Waals surface area contributed by atoms with Crippen molar-refractivity contribution in [2.24, 2.45) is 5.14 Å². The van der Waals surface area contributed by atoms with Gasteiger partial charge in [-0.15, -0.1) is 0 Å². The molecule has 0 aliphatic heterocycles. The molecule has 4 nitrogen and oxygen atoms in total. The van der Waals surface area contributed by atoms with E-state index in [0.29, 0.717) is 12.4 Å². The number of primary sulfonamides is 1. The fraction of sp³-hybridized carbons (Fsp3) is 0.500. The molecular weight excluding hydrogens is 309 g/mol. The molecule has 0 spiro atoms. The average Bonchev–Trinajstić information content (AvgIpc) is 2.32. The van der Waals surface area contributed by atoms with E-state index in [-0.39, 0.29) is 14.9 Å². The second-order valence-electron chi connectivity index (χ2n) is 4.14. The molecule has 0 unspecified atom stereocenters. The molecule has 0 bridgehead atoms. The van der Waals surface area contributed by atoms with Crippen molar-refractivity contribution in [3.63, 3.8) is 0 Å². The second-order valence-corrected chi connectivity index (χ2v) is 6.43. The zero-order chi connectivity index (χ0) is 14.5. The van der Waals surface area contributed by atoms with E-state index in [1.807, 2.05) is 0 Å². The number of hydrogen-bond donors (Lipinski definition) is 1. The van der Waals surface area contributed by atoms with Crippen molar-refractivity contribution in [1.29, 1.82) is 0 Å². The zero-order valence-corrected chi connectivity index (χ0v) is 13.0. The Bertz CT molecular complexity index is 532. The lowest BCUT2D eigenvalue weighted by molar-refractivity contribution is 0.305. The first-order valence-corrected chi connectivity index (χ1v) is 8.31. The van der Waals surface area contributed by atoms with Crippen LogP contribution in [0.25, 0.3) is 0 Å². The van der Waals surface area contributed by atoms with Crippen molar-refractivity contribution >= 4 is 33.2 Å². The summed E-state index contributed by atoms with van der Waals surface area (Å²) in [5.74, 6) is 0.371. The number of unbranched alkanes of at least 4 members (excludes halogenated alkanes) is 3. The molecule has 0 aromatic heterocycles. The minimum Gasteiger partial charge on any atom is -0.492 e. The van der Waals surface area contributed by atoms with E-state index in [2.05, 4.69) is 6.92 Å². The molecule has 108 valence electrons. The lowest BCUT2D eigenvalue weighted by atomic mass is 10.2.